The Kier molecular flexibility index (Phi) is 4.15. The van der Waals surface area contributed by atoms with Gasteiger partial charge in [0.1, 0.15) is 0 Å². The van der Waals surface area contributed by atoms with E-state index in [1.54, 1.807) is 0 Å². The van der Waals surface area contributed by atoms with Gasteiger partial charge in [0.15, 0.2) is 0 Å². The van der Waals surface area contributed by atoms with Crippen LogP contribution in [0.4, 0.5) is 0 Å². The summed E-state index contributed by atoms with van der Waals surface area (Å²) in [6, 6.07) is 9.19. The van der Waals surface area contributed by atoms with Gasteiger partial charge < -0.3 is 5.32 Å². The fraction of sp³-hybridized carbons (Fsp3) is 0.400. The Morgan fingerprint density at radius 3 is 2.50 bits per heavy atom. The number of nitrogens with one attached hydrogen (secondary N) is 1. The molecule has 18 heavy (non-hydrogen) atoms. The van der Waals surface area contributed by atoms with Crippen molar-refractivity contribution in [3.8, 4) is 0 Å². The molecule has 0 aliphatic heterocycles. The van der Waals surface area contributed by atoms with Gasteiger partial charge >= 0.3 is 0 Å². The van der Waals surface area contributed by atoms with Gasteiger partial charge in [-0.25, -0.2) is 0 Å². The lowest BCUT2D eigenvalue weighted by molar-refractivity contribution is 0.574. The first kappa shape index (κ1) is 12.8. The van der Waals surface area contributed by atoms with Crippen LogP contribution in [-0.2, 0) is 20.0 Å². The highest BCUT2D eigenvalue weighted by atomic mass is 15.2. The maximum Gasteiger partial charge on any atom is 0.0534 e. The van der Waals surface area contributed by atoms with E-state index in [1.807, 2.05) is 24.1 Å². The van der Waals surface area contributed by atoms with Gasteiger partial charge in [0.25, 0.3) is 0 Å². The van der Waals surface area contributed by atoms with Gasteiger partial charge in [-0.15, -0.1) is 0 Å². The number of nitrogens with zero attached hydrogens (tertiary/aromatic N) is 2. The summed E-state index contributed by atoms with van der Waals surface area (Å²) in [5.74, 6) is 0. The van der Waals surface area contributed by atoms with Crippen LogP contribution in [0.2, 0.25) is 0 Å². The molecule has 1 heterocycles. The summed E-state index contributed by atoms with van der Waals surface area (Å²) in [5, 5.41) is 7.68. The molecule has 1 aromatic heterocycles. The standard InChI is InChI=1S/C15H21N3/c1-4-13-5-7-15(8-6-13)12(2)16-9-14-10-17-18(3)11-14/h5-8,10-12,16H,4,9H2,1-3H3/t12-/m1/s1. The van der Waals surface area contributed by atoms with Crippen molar-refractivity contribution in [1.29, 1.82) is 0 Å². The highest BCUT2D eigenvalue weighted by Gasteiger charge is 2.05. The van der Waals surface area contributed by atoms with Gasteiger partial charge in [-0.3, -0.25) is 4.68 Å². The van der Waals surface area contributed by atoms with E-state index in [0.717, 1.165) is 13.0 Å². The fourth-order valence-electron chi connectivity index (χ4n) is 1.99. The molecule has 96 valence electrons. The van der Waals surface area contributed by atoms with Crippen LogP contribution in [0.15, 0.2) is 36.7 Å². The molecule has 0 aliphatic carbocycles. The number of hydrogen-bond acceptors (Lipinski definition) is 2. The third-order valence-corrected chi connectivity index (χ3v) is 3.26. The van der Waals surface area contributed by atoms with E-state index in [9.17, 15) is 0 Å². The Morgan fingerprint density at radius 1 is 1.22 bits per heavy atom. The van der Waals surface area contributed by atoms with Crippen molar-refractivity contribution in [3.63, 3.8) is 0 Å². The zero-order valence-electron chi connectivity index (χ0n) is 11.4. The van der Waals surface area contributed by atoms with E-state index in [0.29, 0.717) is 6.04 Å². The summed E-state index contributed by atoms with van der Waals surface area (Å²) in [6.45, 7) is 5.22. The zero-order chi connectivity index (χ0) is 13.0. The molecule has 1 N–H and O–H groups in total. The Bertz CT molecular complexity index is 485. The monoisotopic (exact) mass is 243 g/mol. The summed E-state index contributed by atoms with van der Waals surface area (Å²) in [6.07, 6.45) is 5.04. The number of rotatable bonds is 5. The third-order valence-electron chi connectivity index (χ3n) is 3.26. The summed E-state index contributed by atoms with van der Waals surface area (Å²) >= 11 is 0. The first-order valence-corrected chi connectivity index (χ1v) is 6.48. The van der Waals surface area contributed by atoms with E-state index in [4.69, 9.17) is 0 Å². The van der Waals surface area contributed by atoms with E-state index in [-0.39, 0.29) is 0 Å². The minimum absolute atomic E-state index is 0.358. The first-order chi connectivity index (χ1) is 8.69. The minimum Gasteiger partial charge on any atom is -0.306 e. The number of aryl methyl sites for hydroxylation is 2. The molecule has 0 fully saturated rings. The van der Waals surface area contributed by atoms with Crippen LogP contribution < -0.4 is 5.32 Å². The van der Waals surface area contributed by atoms with Crippen molar-refractivity contribution in [2.45, 2.75) is 32.9 Å². The predicted octanol–water partition coefficient (Wildman–Crippen LogP) is 2.83. The molecule has 0 aliphatic rings. The second-order valence-corrected chi connectivity index (χ2v) is 4.72. The molecule has 0 unspecified atom stereocenters. The van der Waals surface area contributed by atoms with Crippen molar-refractivity contribution < 1.29 is 0 Å². The fourth-order valence-corrected chi connectivity index (χ4v) is 1.99. The summed E-state index contributed by atoms with van der Waals surface area (Å²) in [4.78, 5) is 0. The third kappa shape index (κ3) is 3.20. The highest BCUT2D eigenvalue weighted by Crippen LogP contribution is 2.14. The lowest BCUT2D eigenvalue weighted by Gasteiger charge is -2.14. The van der Waals surface area contributed by atoms with Gasteiger partial charge in [-0.2, -0.15) is 5.10 Å². The molecule has 0 saturated heterocycles. The molecule has 1 atom stereocenters. The van der Waals surface area contributed by atoms with E-state index >= 15 is 0 Å². The molecule has 2 rings (SSSR count). The lowest BCUT2D eigenvalue weighted by Crippen LogP contribution is -2.17. The molecular weight excluding hydrogens is 222 g/mol. The second-order valence-electron chi connectivity index (χ2n) is 4.72. The molecule has 0 radical (unpaired) electrons. The van der Waals surface area contributed by atoms with E-state index < -0.39 is 0 Å². The Labute approximate surface area is 109 Å². The number of aromatic nitrogens is 2. The van der Waals surface area contributed by atoms with Crippen LogP contribution >= 0.6 is 0 Å². The molecule has 0 saturated carbocycles. The topological polar surface area (TPSA) is 29.9 Å². The van der Waals surface area contributed by atoms with Crippen LogP contribution in [0.3, 0.4) is 0 Å². The minimum atomic E-state index is 0.358. The Morgan fingerprint density at radius 2 is 1.94 bits per heavy atom. The van der Waals surface area contributed by atoms with Crippen molar-refractivity contribution in [2.24, 2.45) is 7.05 Å². The van der Waals surface area contributed by atoms with E-state index in [1.165, 1.54) is 16.7 Å². The van der Waals surface area contributed by atoms with Crippen molar-refractivity contribution in [1.82, 2.24) is 15.1 Å². The molecule has 2 aromatic rings. The molecule has 3 nitrogen and oxygen atoms in total. The van der Waals surface area contributed by atoms with Gasteiger partial charge in [0, 0.05) is 31.4 Å². The Balaban J connectivity index is 1.92. The molecule has 0 bridgehead atoms. The summed E-state index contributed by atoms with van der Waals surface area (Å²) in [7, 11) is 1.94. The number of hydrogen-bond donors (Lipinski definition) is 1. The highest BCUT2D eigenvalue weighted by molar-refractivity contribution is 5.24. The normalized spacial score (nSPS) is 12.6. The zero-order valence-corrected chi connectivity index (χ0v) is 11.4. The second kappa shape index (κ2) is 5.83. The van der Waals surface area contributed by atoms with Gasteiger partial charge in [-0.1, -0.05) is 31.2 Å². The predicted molar refractivity (Wildman–Crippen MR) is 74.3 cm³/mol. The van der Waals surface area contributed by atoms with Crippen molar-refractivity contribution in [3.05, 3.63) is 53.3 Å². The lowest BCUT2D eigenvalue weighted by atomic mass is 10.0. The summed E-state index contributed by atoms with van der Waals surface area (Å²) in [5.41, 5.74) is 3.93. The van der Waals surface area contributed by atoms with Crippen LogP contribution in [0.1, 0.15) is 36.6 Å². The first-order valence-electron chi connectivity index (χ1n) is 6.48. The molecule has 1 aromatic carbocycles. The van der Waals surface area contributed by atoms with Crippen molar-refractivity contribution >= 4 is 0 Å². The number of benzene rings is 1. The van der Waals surface area contributed by atoms with Crippen LogP contribution in [-0.4, -0.2) is 9.78 Å². The SMILES string of the molecule is CCc1ccc([C@@H](C)NCc2cnn(C)c2)cc1. The van der Waals surface area contributed by atoms with Crippen LogP contribution in [0, 0.1) is 0 Å². The molecular formula is C15H21N3. The van der Waals surface area contributed by atoms with Crippen molar-refractivity contribution in [2.75, 3.05) is 0 Å². The molecule has 0 spiro atoms. The Hall–Kier alpha value is -1.61. The average molecular weight is 243 g/mol. The largest absolute Gasteiger partial charge is 0.306 e. The molecule has 3 heteroatoms. The smallest absolute Gasteiger partial charge is 0.0534 e. The van der Waals surface area contributed by atoms with Crippen LogP contribution in [0.25, 0.3) is 0 Å². The summed E-state index contributed by atoms with van der Waals surface area (Å²) < 4.78 is 1.83. The van der Waals surface area contributed by atoms with E-state index in [2.05, 4.69) is 48.5 Å². The van der Waals surface area contributed by atoms with Crippen LogP contribution in [0.5, 0.6) is 0 Å². The average Bonchev–Trinajstić information content (AvgIpc) is 2.82. The maximum absolute atomic E-state index is 4.17. The molecule has 0 amide bonds. The quantitative estimate of drug-likeness (QED) is 0.875. The van der Waals surface area contributed by atoms with Gasteiger partial charge in [-0.05, 0) is 24.5 Å². The maximum atomic E-state index is 4.17. The van der Waals surface area contributed by atoms with Gasteiger partial charge in [0.2, 0.25) is 0 Å². The van der Waals surface area contributed by atoms with Gasteiger partial charge in [0.05, 0.1) is 6.20 Å².